The molecule has 18 heavy (non-hydrogen) atoms. The molecule has 0 aromatic heterocycles. The van der Waals surface area contributed by atoms with Gasteiger partial charge in [0.15, 0.2) is 0 Å². The van der Waals surface area contributed by atoms with Crippen molar-refractivity contribution in [3.8, 4) is 6.07 Å². The third-order valence-electron chi connectivity index (χ3n) is 2.73. The van der Waals surface area contributed by atoms with E-state index in [2.05, 4.69) is 4.74 Å². The summed E-state index contributed by atoms with van der Waals surface area (Å²) in [6, 6.07) is 4.50. The molecule has 0 fully saturated rings. The van der Waals surface area contributed by atoms with Gasteiger partial charge in [-0.1, -0.05) is 13.0 Å². The van der Waals surface area contributed by atoms with Gasteiger partial charge >= 0.3 is 5.97 Å². The normalized spacial score (nSPS) is 10.2. The van der Waals surface area contributed by atoms with Crippen molar-refractivity contribution in [1.29, 1.82) is 5.26 Å². The van der Waals surface area contributed by atoms with Crippen LogP contribution in [0.5, 0.6) is 0 Å². The first-order chi connectivity index (χ1) is 8.54. The lowest BCUT2D eigenvalue weighted by Gasteiger charge is -2.14. The van der Waals surface area contributed by atoms with E-state index in [1.165, 1.54) is 19.2 Å². The van der Waals surface area contributed by atoms with E-state index in [1.54, 1.807) is 6.92 Å². The highest BCUT2D eigenvalue weighted by Crippen LogP contribution is 2.28. The first-order valence-electron chi connectivity index (χ1n) is 5.44. The first-order valence-corrected chi connectivity index (χ1v) is 5.44. The molecular weight excluding hydrogens is 240 g/mol. The van der Waals surface area contributed by atoms with Crippen LogP contribution in [0, 0.1) is 11.3 Å². The van der Waals surface area contributed by atoms with Crippen LogP contribution < -0.4 is 0 Å². The molecule has 1 rings (SSSR count). The third-order valence-corrected chi connectivity index (χ3v) is 2.73. The van der Waals surface area contributed by atoms with Crippen LogP contribution in [0.25, 0.3) is 0 Å². The molecule has 0 spiro atoms. The van der Waals surface area contributed by atoms with Gasteiger partial charge in [0, 0.05) is 5.56 Å². The molecule has 0 aliphatic heterocycles. The highest BCUT2D eigenvalue weighted by molar-refractivity contribution is 5.74. The summed E-state index contributed by atoms with van der Waals surface area (Å²) >= 11 is 0. The Bertz CT molecular complexity index is 492. The molecule has 1 aromatic rings. The molecule has 0 unspecified atom stereocenters. The van der Waals surface area contributed by atoms with Gasteiger partial charge in [0.05, 0.1) is 25.2 Å². The predicted molar refractivity (Wildman–Crippen MR) is 61.2 cm³/mol. The maximum absolute atomic E-state index is 12.9. The van der Waals surface area contributed by atoms with Crippen molar-refractivity contribution in [3.63, 3.8) is 0 Å². The third kappa shape index (κ3) is 2.83. The molecule has 0 bridgehead atoms. The zero-order valence-electron chi connectivity index (χ0n) is 10.2. The van der Waals surface area contributed by atoms with Gasteiger partial charge in [-0.2, -0.15) is 5.26 Å². The highest BCUT2D eigenvalue weighted by atomic mass is 19.3. The molecule has 1 aromatic carbocycles. The second-order valence-corrected chi connectivity index (χ2v) is 3.68. The number of carbonyl (C=O) groups excluding carboxylic acids is 1. The van der Waals surface area contributed by atoms with Crippen LogP contribution in [-0.4, -0.2) is 13.1 Å². The van der Waals surface area contributed by atoms with Crippen LogP contribution in [-0.2, 0) is 22.4 Å². The highest BCUT2D eigenvalue weighted by Gasteiger charge is 2.20. The van der Waals surface area contributed by atoms with Crippen LogP contribution >= 0.6 is 0 Å². The average molecular weight is 253 g/mol. The fraction of sp³-hybridized carbons (Fsp3) is 0.385. The number of halogens is 2. The van der Waals surface area contributed by atoms with Gasteiger partial charge < -0.3 is 4.74 Å². The van der Waals surface area contributed by atoms with Gasteiger partial charge in [-0.05, 0) is 23.6 Å². The number of nitriles is 1. The molecule has 0 radical (unpaired) electrons. The summed E-state index contributed by atoms with van der Waals surface area (Å²) in [5, 5.41) is 8.94. The Morgan fingerprint density at radius 3 is 2.56 bits per heavy atom. The molecule has 3 nitrogen and oxygen atoms in total. The van der Waals surface area contributed by atoms with Crippen molar-refractivity contribution < 1.29 is 18.3 Å². The molecule has 96 valence electrons. The van der Waals surface area contributed by atoms with E-state index in [-0.39, 0.29) is 17.5 Å². The molecule has 0 aliphatic rings. The van der Waals surface area contributed by atoms with Gasteiger partial charge in [0.1, 0.15) is 0 Å². The number of hydrogen-bond donors (Lipinski definition) is 0. The fourth-order valence-electron chi connectivity index (χ4n) is 1.85. The number of rotatable bonds is 4. The first kappa shape index (κ1) is 14.1. The van der Waals surface area contributed by atoms with Crippen molar-refractivity contribution in [2.24, 2.45) is 0 Å². The Morgan fingerprint density at radius 2 is 2.11 bits per heavy atom. The zero-order chi connectivity index (χ0) is 13.7. The van der Waals surface area contributed by atoms with E-state index in [0.717, 1.165) is 0 Å². The maximum atomic E-state index is 12.9. The summed E-state index contributed by atoms with van der Waals surface area (Å²) in [5.74, 6) is -0.596. The topological polar surface area (TPSA) is 50.1 Å². The number of benzene rings is 1. The predicted octanol–water partition coefficient (Wildman–Crippen LogP) is 2.77. The largest absolute Gasteiger partial charge is 0.469 e. The number of esters is 1. The smallest absolute Gasteiger partial charge is 0.310 e. The van der Waals surface area contributed by atoms with Gasteiger partial charge in [-0.3, -0.25) is 4.79 Å². The van der Waals surface area contributed by atoms with Crippen molar-refractivity contribution >= 4 is 5.97 Å². The van der Waals surface area contributed by atoms with Crippen LogP contribution in [0.4, 0.5) is 8.78 Å². The number of carbonyl (C=O) groups is 1. The van der Waals surface area contributed by atoms with E-state index in [0.29, 0.717) is 17.5 Å². The molecule has 0 atom stereocenters. The minimum absolute atomic E-state index is 0.207. The average Bonchev–Trinajstić information content (AvgIpc) is 2.37. The summed E-state index contributed by atoms with van der Waals surface area (Å²) in [4.78, 5) is 11.3. The molecule has 0 saturated heterocycles. The molecule has 0 amide bonds. The summed E-state index contributed by atoms with van der Waals surface area (Å²) in [6.45, 7) is 1.76. The number of methoxy groups -OCH3 is 1. The number of hydrogen-bond acceptors (Lipinski definition) is 3. The lowest BCUT2D eigenvalue weighted by molar-refractivity contribution is -0.139. The van der Waals surface area contributed by atoms with Gasteiger partial charge in [-0.25, -0.2) is 8.78 Å². The lowest BCUT2D eigenvalue weighted by atomic mass is 9.92. The quantitative estimate of drug-likeness (QED) is 0.775. The van der Waals surface area contributed by atoms with E-state index in [4.69, 9.17) is 5.26 Å². The molecule has 0 aliphatic carbocycles. The van der Waals surface area contributed by atoms with Crippen molar-refractivity contribution in [2.75, 3.05) is 7.11 Å². The van der Waals surface area contributed by atoms with Crippen LogP contribution in [0.3, 0.4) is 0 Å². The zero-order valence-corrected chi connectivity index (χ0v) is 10.2. The monoisotopic (exact) mass is 253 g/mol. The van der Waals surface area contributed by atoms with Crippen molar-refractivity contribution in [2.45, 2.75) is 26.2 Å². The van der Waals surface area contributed by atoms with E-state index >= 15 is 0 Å². The van der Waals surface area contributed by atoms with E-state index in [9.17, 15) is 13.6 Å². The minimum atomic E-state index is -2.68. The minimum Gasteiger partial charge on any atom is -0.469 e. The van der Waals surface area contributed by atoms with Crippen LogP contribution in [0.2, 0.25) is 0 Å². The summed E-state index contributed by atoms with van der Waals surface area (Å²) in [5.41, 5.74) is 0.802. The maximum Gasteiger partial charge on any atom is 0.310 e. The van der Waals surface area contributed by atoms with Gasteiger partial charge in [-0.15, -0.1) is 0 Å². The summed E-state index contributed by atoms with van der Waals surface area (Å²) < 4.78 is 30.3. The Labute approximate surface area is 104 Å². The van der Waals surface area contributed by atoms with Gasteiger partial charge in [0.2, 0.25) is 0 Å². The van der Waals surface area contributed by atoms with Crippen molar-refractivity contribution in [3.05, 3.63) is 34.4 Å². The number of nitrogens with zero attached hydrogens (tertiary/aromatic N) is 1. The second-order valence-electron chi connectivity index (χ2n) is 3.68. The molecule has 0 saturated carbocycles. The SMILES string of the molecule is CCc1c(C#N)ccc(C(F)F)c1CC(=O)OC. The number of alkyl halides is 2. The fourth-order valence-corrected chi connectivity index (χ4v) is 1.85. The Balaban J connectivity index is 3.39. The standard InChI is InChI=1S/C13H13F2NO2/c1-3-9-8(7-16)4-5-10(13(14)15)11(9)6-12(17)18-2/h4-5,13H,3,6H2,1-2H3. The molecule has 5 heteroatoms. The van der Waals surface area contributed by atoms with E-state index < -0.39 is 12.4 Å². The number of ether oxygens (including phenoxy) is 1. The Kier molecular flexibility index (Phi) is 4.78. The molecule has 0 heterocycles. The van der Waals surface area contributed by atoms with E-state index in [1.807, 2.05) is 6.07 Å². The Morgan fingerprint density at radius 1 is 1.44 bits per heavy atom. The van der Waals surface area contributed by atoms with Crippen LogP contribution in [0.15, 0.2) is 12.1 Å². The summed E-state index contributed by atoms with van der Waals surface area (Å²) in [7, 11) is 1.20. The lowest BCUT2D eigenvalue weighted by Crippen LogP contribution is -2.11. The summed E-state index contributed by atoms with van der Waals surface area (Å²) in [6.07, 6.45) is -2.51. The Hall–Kier alpha value is -1.96. The molecule has 0 N–H and O–H groups in total. The second kappa shape index (κ2) is 6.10. The van der Waals surface area contributed by atoms with Crippen LogP contribution in [0.1, 0.15) is 35.6 Å². The van der Waals surface area contributed by atoms with Crippen molar-refractivity contribution in [1.82, 2.24) is 0 Å². The van der Waals surface area contributed by atoms with Gasteiger partial charge in [0.25, 0.3) is 6.43 Å². The molecular formula is C13H13F2NO2.